The van der Waals surface area contributed by atoms with Crippen molar-refractivity contribution >= 4 is 27.5 Å². The van der Waals surface area contributed by atoms with Gasteiger partial charge in [0.2, 0.25) is 0 Å². The van der Waals surface area contributed by atoms with Crippen molar-refractivity contribution < 1.29 is 18.7 Å². The maximum absolute atomic E-state index is 13.3. The number of aryl methyl sites for hydroxylation is 1. The average molecular weight is 382 g/mol. The van der Waals surface area contributed by atoms with E-state index in [9.17, 15) is 9.18 Å². The molecule has 0 saturated heterocycles. The van der Waals surface area contributed by atoms with Crippen LogP contribution < -0.4 is 14.8 Å². The lowest BCUT2D eigenvalue weighted by Gasteiger charge is -2.14. The van der Waals surface area contributed by atoms with Gasteiger partial charge in [-0.15, -0.1) is 0 Å². The van der Waals surface area contributed by atoms with Crippen LogP contribution in [0.1, 0.15) is 22.8 Å². The van der Waals surface area contributed by atoms with Crippen LogP contribution in [0.4, 0.5) is 10.1 Å². The number of halogens is 2. The van der Waals surface area contributed by atoms with Crippen molar-refractivity contribution in [2.24, 2.45) is 0 Å². The summed E-state index contributed by atoms with van der Waals surface area (Å²) < 4.78 is 24.7. The molecule has 4 nitrogen and oxygen atoms in total. The highest BCUT2D eigenvalue weighted by Gasteiger charge is 2.16. The number of anilines is 1. The summed E-state index contributed by atoms with van der Waals surface area (Å²) in [5.41, 5.74) is 1.58. The first kappa shape index (κ1) is 17.3. The number of hydrogen-bond acceptors (Lipinski definition) is 3. The Kier molecular flexibility index (Phi) is 5.60. The van der Waals surface area contributed by atoms with E-state index >= 15 is 0 Å². The van der Waals surface area contributed by atoms with Crippen molar-refractivity contribution in [3.63, 3.8) is 0 Å². The van der Waals surface area contributed by atoms with E-state index in [1.54, 1.807) is 25.1 Å². The Morgan fingerprint density at radius 2 is 2.04 bits per heavy atom. The number of methoxy groups -OCH3 is 1. The minimum Gasteiger partial charge on any atom is -0.493 e. The van der Waals surface area contributed by atoms with Crippen LogP contribution in [0.2, 0.25) is 0 Å². The van der Waals surface area contributed by atoms with Crippen molar-refractivity contribution in [2.45, 2.75) is 13.8 Å². The van der Waals surface area contributed by atoms with E-state index in [0.717, 1.165) is 5.56 Å². The fraction of sp³-hybridized carbons (Fsp3) is 0.235. The molecule has 122 valence electrons. The van der Waals surface area contributed by atoms with Crippen molar-refractivity contribution in [1.29, 1.82) is 0 Å². The molecule has 0 aliphatic heterocycles. The minimum absolute atomic E-state index is 0.360. The quantitative estimate of drug-likeness (QED) is 0.825. The molecule has 0 radical (unpaired) electrons. The third-order valence-corrected chi connectivity index (χ3v) is 3.82. The first-order valence-corrected chi connectivity index (χ1v) is 7.83. The first-order valence-electron chi connectivity index (χ1n) is 7.04. The Morgan fingerprint density at radius 3 is 2.70 bits per heavy atom. The lowest BCUT2D eigenvalue weighted by molar-refractivity contribution is 0.102. The predicted molar refractivity (Wildman–Crippen MR) is 91.0 cm³/mol. The van der Waals surface area contributed by atoms with E-state index in [2.05, 4.69) is 21.2 Å². The summed E-state index contributed by atoms with van der Waals surface area (Å²) in [6, 6.07) is 7.46. The SMILES string of the molecule is CCOc1c(Br)cc(C(=O)Nc2cc(F)ccc2C)cc1OC. The highest BCUT2D eigenvalue weighted by Crippen LogP contribution is 2.36. The number of ether oxygens (including phenoxy) is 2. The van der Waals surface area contributed by atoms with Gasteiger partial charge in [-0.3, -0.25) is 4.79 Å². The number of carbonyl (C=O) groups is 1. The van der Waals surface area contributed by atoms with E-state index in [4.69, 9.17) is 9.47 Å². The van der Waals surface area contributed by atoms with Crippen molar-refractivity contribution in [3.8, 4) is 11.5 Å². The molecule has 23 heavy (non-hydrogen) atoms. The van der Waals surface area contributed by atoms with Gasteiger partial charge in [-0.25, -0.2) is 4.39 Å². The van der Waals surface area contributed by atoms with Crippen LogP contribution in [0.25, 0.3) is 0 Å². The lowest BCUT2D eigenvalue weighted by Crippen LogP contribution is -2.13. The second-order valence-electron chi connectivity index (χ2n) is 4.84. The molecule has 0 aromatic heterocycles. The third kappa shape index (κ3) is 4.01. The van der Waals surface area contributed by atoms with E-state index in [1.165, 1.54) is 19.2 Å². The zero-order chi connectivity index (χ0) is 17.0. The predicted octanol–water partition coefficient (Wildman–Crippen LogP) is 4.56. The molecule has 1 N–H and O–H groups in total. The second-order valence-corrected chi connectivity index (χ2v) is 5.69. The third-order valence-electron chi connectivity index (χ3n) is 3.23. The molecule has 0 atom stereocenters. The first-order chi connectivity index (χ1) is 11.0. The van der Waals surface area contributed by atoms with Crippen molar-refractivity contribution in [2.75, 3.05) is 19.0 Å². The number of carbonyl (C=O) groups excluding carboxylic acids is 1. The van der Waals surface area contributed by atoms with Gasteiger partial charge in [0.1, 0.15) is 5.82 Å². The van der Waals surface area contributed by atoms with Crippen molar-refractivity contribution in [3.05, 3.63) is 51.7 Å². The second kappa shape index (κ2) is 7.46. The summed E-state index contributed by atoms with van der Waals surface area (Å²) in [5, 5.41) is 2.70. The molecule has 0 fully saturated rings. The normalized spacial score (nSPS) is 10.3. The van der Waals surface area contributed by atoms with Crippen LogP contribution in [0, 0.1) is 12.7 Å². The molecule has 6 heteroatoms. The van der Waals surface area contributed by atoms with Gasteiger partial charge in [-0.05, 0) is 59.6 Å². The summed E-state index contributed by atoms with van der Waals surface area (Å²) >= 11 is 3.37. The van der Waals surface area contributed by atoms with Crippen LogP contribution in [0.5, 0.6) is 11.5 Å². The molecule has 1 amide bonds. The number of benzene rings is 2. The molecular formula is C17H17BrFNO3. The van der Waals surface area contributed by atoms with Gasteiger partial charge in [0.25, 0.3) is 5.91 Å². The summed E-state index contributed by atoms with van der Waals surface area (Å²) in [6.45, 7) is 4.13. The van der Waals surface area contributed by atoms with Crippen LogP contribution in [0.3, 0.4) is 0 Å². The van der Waals surface area contributed by atoms with Gasteiger partial charge in [-0.1, -0.05) is 6.07 Å². The fourth-order valence-electron chi connectivity index (χ4n) is 2.06. The van der Waals surface area contributed by atoms with Gasteiger partial charge in [0, 0.05) is 11.3 Å². The Hall–Kier alpha value is -2.08. The highest BCUT2D eigenvalue weighted by molar-refractivity contribution is 9.10. The standard InChI is InChI=1S/C17H17BrFNO3/c1-4-23-16-13(18)7-11(8-15(16)22-3)17(21)20-14-9-12(19)6-5-10(14)2/h5-9H,4H2,1-3H3,(H,20,21). The molecule has 0 heterocycles. The summed E-state index contributed by atoms with van der Waals surface area (Å²) in [5.74, 6) is 0.216. The monoisotopic (exact) mass is 381 g/mol. The molecule has 0 spiro atoms. The number of amides is 1. The number of nitrogens with one attached hydrogen (secondary N) is 1. The summed E-state index contributed by atoms with van der Waals surface area (Å²) in [4.78, 5) is 12.4. The highest BCUT2D eigenvalue weighted by atomic mass is 79.9. The van der Waals surface area contributed by atoms with E-state index in [0.29, 0.717) is 33.8 Å². The molecule has 2 aromatic carbocycles. The molecule has 2 rings (SSSR count). The fourth-order valence-corrected chi connectivity index (χ4v) is 2.62. The van der Waals surface area contributed by atoms with E-state index in [-0.39, 0.29) is 5.91 Å². The van der Waals surface area contributed by atoms with Crippen molar-refractivity contribution in [1.82, 2.24) is 0 Å². The van der Waals surface area contributed by atoms with Gasteiger partial charge in [-0.2, -0.15) is 0 Å². The molecule has 0 aliphatic rings. The van der Waals surface area contributed by atoms with Gasteiger partial charge < -0.3 is 14.8 Å². The smallest absolute Gasteiger partial charge is 0.255 e. The zero-order valence-corrected chi connectivity index (χ0v) is 14.7. The molecule has 0 unspecified atom stereocenters. The molecule has 0 saturated carbocycles. The van der Waals surface area contributed by atoms with E-state index < -0.39 is 5.82 Å². The van der Waals surface area contributed by atoms with Crippen LogP contribution in [-0.4, -0.2) is 19.6 Å². The number of rotatable bonds is 5. The van der Waals surface area contributed by atoms with Crippen LogP contribution >= 0.6 is 15.9 Å². The zero-order valence-electron chi connectivity index (χ0n) is 13.1. The van der Waals surface area contributed by atoms with Gasteiger partial charge >= 0.3 is 0 Å². The maximum Gasteiger partial charge on any atom is 0.255 e. The lowest BCUT2D eigenvalue weighted by atomic mass is 10.1. The number of hydrogen-bond donors (Lipinski definition) is 1. The molecule has 2 aromatic rings. The molecule has 0 aliphatic carbocycles. The Morgan fingerprint density at radius 1 is 1.30 bits per heavy atom. The summed E-state index contributed by atoms with van der Waals surface area (Å²) in [7, 11) is 1.50. The Labute approximate surface area is 142 Å². The van der Waals surface area contributed by atoms with Gasteiger partial charge in [0.15, 0.2) is 11.5 Å². The molecule has 0 bridgehead atoms. The maximum atomic E-state index is 13.3. The van der Waals surface area contributed by atoms with Crippen LogP contribution in [-0.2, 0) is 0 Å². The van der Waals surface area contributed by atoms with E-state index in [1.807, 2.05) is 6.92 Å². The summed E-state index contributed by atoms with van der Waals surface area (Å²) in [6.07, 6.45) is 0. The Balaban J connectivity index is 2.32. The van der Waals surface area contributed by atoms with Crippen LogP contribution in [0.15, 0.2) is 34.8 Å². The Bertz CT molecular complexity index is 734. The topological polar surface area (TPSA) is 47.6 Å². The minimum atomic E-state index is -0.406. The molecular weight excluding hydrogens is 365 g/mol. The van der Waals surface area contributed by atoms with Gasteiger partial charge in [0.05, 0.1) is 18.2 Å². The largest absolute Gasteiger partial charge is 0.493 e. The average Bonchev–Trinajstić information content (AvgIpc) is 2.52.